The first kappa shape index (κ1) is 19.0. The van der Waals surface area contributed by atoms with Gasteiger partial charge in [0.2, 0.25) is 11.8 Å². The van der Waals surface area contributed by atoms with Crippen LogP contribution in [-0.2, 0) is 21.4 Å². The number of halogens is 1. The van der Waals surface area contributed by atoms with Crippen molar-refractivity contribution in [1.82, 2.24) is 9.80 Å². The van der Waals surface area contributed by atoms with Gasteiger partial charge in [0.25, 0.3) is 0 Å². The summed E-state index contributed by atoms with van der Waals surface area (Å²) in [6.07, 6.45) is 1.24. The zero-order chi connectivity index (χ0) is 19.9. The Morgan fingerprint density at radius 3 is 2.61 bits per heavy atom. The Morgan fingerprint density at radius 2 is 1.86 bits per heavy atom. The van der Waals surface area contributed by atoms with E-state index < -0.39 is 0 Å². The first-order valence-electron chi connectivity index (χ1n) is 9.76. The molecule has 5 heteroatoms. The maximum absolute atomic E-state index is 13.1. The number of hydrogen-bond acceptors (Lipinski definition) is 2. The van der Waals surface area contributed by atoms with E-state index in [0.29, 0.717) is 18.0 Å². The second-order valence-corrected chi connectivity index (χ2v) is 8.83. The Morgan fingerprint density at radius 1 is 1.14 bits per heavy atom. The summed E-state index contributed by atoms with van der Waals surface area (Å²) in [5, 5.41) is 0.684. The molecule has 1 atom stereocenters. The highest BCUT2D eigenvalue weighted by atomic mass is 35.5. The Kier molecular flexibility index (Phi) is 4.92. The van der Waals surface area contributed by atoms with E-state index in [4.69, 9.17) is 11.6 Å². The standard InChI is InChI=1S/C23H25ClN2O2/c1-23(2,17-7-9-18(24)10-8-17)13-21(27)25-14-20-19-6-4-3-5-16(19)11-12-26(20)22(28)15-25/h3-10,20H,11-15H2,1-2H3. The number of rotatable bonds is 3. The van der Waals surface area contributed by atoms with E-state index in [2.05, 4.69) is 26.0 Å². The van der Waals surface area contributed by atoms with E-state index in [0.717, 1.165) is 18.5 Å². The largest absolute Gasteiger partial charge is 0.332 e. The molecule has 1 unspecified atom stereocenters. The summed E-state index contributed by atoms with van der Waals surface area (Å²) in [4.78, 5) is 29.5. The highest BCUT2D eigenvalue weighted by molar-refractivity contribution is 6.30. The molecule has 146 valence electrons. The van der Waals surface area contributed by atoms with Crippen LogP contribution in [0.5, 0.6) is 0 Å². The average molecular weight is 397 g/mol. The van der Waals surface area contributed by atoms with Crippen molar-refractivity contribution in [2.45, 2.75) is 38.1 Å². The molecule has 2 aliphatic heterocycles. The lowest BCUT2D eigenvalue weighted by Gasteiger charge is -2.45. The van der Waals surface area contributed by atoms with Crippen molar-refractivity contribution in [3.05, 3.63) is 70.2 Å². The van der Waals surface area contributed by atoms with Gasteiger partial charge in [0.15, 0.2) is 0 Å². The second-order valence-electron chi connectivity index (χ2n) is 8.39. The predicted octanol–water partition coefficient (Wildman–Crippen LogP) is 3.98. The van der Waals surface area contributed by atoms with Gasteiger partial charge in [-0.25, -0.2) is 0 Å². The van der Waals surface area contributed by atoms with E-state index in [1.807, 2.05) is 41.3 Å². The lowest BCUT2D eigenvalue weighted by atomic mass is 9.81. The monoisotopic (exact) mass is 396 g/mol. The third-order valence-electron chi connectivity index (χ3n) is 6.02. The molecule has 1 fully saturated rings. The van der Waals surface area contributed by atoms with E-state index >= 15 is 0 Å². The van der Waals surface area contributed by atoms with Gasteiger partial charge in [-0.1, -0.05) is 61.8 Å². The first-order chi connectivity index (χ1) is 13.3. The molecule has 0 bridgehead atoms. The first-order valence-corrected chi connectivity index (χ1v) is 10.1. The summed E-state index contributed by atoms with van der Waals surface area (Å²) in [7, 11) is 0. The molecule has 2 aromatic rings. The zero-order valence-corrected chi connectivity index (χ0v) is 17.1. The highest BCUT2D eigenvalue weighted by Gasteiger charge is 2.39. The van der Waals surface area contributed by atoms with Crippen molar-refractivity contribution < 1.29 is 9.59 Å². The van der Waals surface area contributed by atoms with Crippen LogP contribution in [0.2, 0.25) is 5.02 Å². The van der Waals surface area contributed by atoms with Gasteiger partial charge in [0.05, 0.1) is 12.6 Å². The van der Waals surface area contributed by atoms with Crippen LogP contribution in [-0.4, -0.2) is 41.2 Å². The molecule has 2 amide bonds. The van der Waals surface area contributed by atoms with E-state index in [1.165, 1.54) is 11.1 Å². The fourth-order valence-electron chi connectivity index (χ4n) is 4.36. The van der Waals surface area contributed by atoms with Crippen molar-refractivity contribution >= 4 is 23.4 Å². The van der Waals surface area contributed by atoms with Crippen molar-refractivity contribution in [3.8, 4) is 0 Å². The summed E-state index contributed by atoms with van der Waals surface area (Å²) in [6.45, 7) is 5.59. The van der Waals surface area contributed by atoms with Crippen molar-refractivity contribution in [2.75, 3.05) is 19.6 Å². The fraction of sp³-hybridized carbons (Fsp3) is 0.391. The molecule has 4 nitrogen and oxygen atoms in total. The molecular formula is C23H25ClN2O2. The number of carbonyl (C=O) groups is 2. The Balaban J connectivity index is 1.53. The Bertz CT molecular complexity index is 907. The minimum Gasteiger partial charge on any atom is -0.332 e. The van der Waals surface area contributed by atoms with Gasteiger partial charge >= 0.3 is 0 Å². The summed E-state index contributed by atoms with van der Waals surface area (Å²) >= 11 is 5.99. The number of benzene rings is 2. The van der Waals surface area contributed by atoms with Gasteiger partial charge in [-0.2, -0.15) is 0 Å². The van der Waals surface area contributed by atoms with Crippen molar-refractivity contribution in [2.24, 2.45) is 0 Å². The van der Waals surface area contributed by atoms with Gasteiger partial charge in [-0.05, 0) is 40.7 Å². The van der Waals surface area contributed by atoms with Crippen LogP contribution in [0.25, 0.3) is 0 Å². The molecule has 0 spiro atoms. The SMILES string of the molecule is CC(C)(CC(=O)N1CC(=O)N2CCc3ccccc3C2C1)c1ccc(Cl)cc1. The fourth-order valence-corrected chi connectivity index (χ4v) is 4.48. The van der Waals surface area contributed by atoms with Crippen molar-refractivity contribution in [1.29, 1.82) is 0 Å². The molecule has 0 aliphatic carbocycles. The Hall–Kier alpha value is -2.33. The summed E-state index contributed by atoms with van der Waals surface area (Å²) in [6, 6.07) is 15.9. The van der Waals surface area contributed by atoms with Crippen LogP contribution in [0.15, 0.2) is 48.5 Å². The van der Waals surface area contributed by atoms with E-state index in [-0.39, 0.29) is 29.8 Å². The van der Waals surface area contributed by atoms with Crippen LogP contribution in [0.1, 0.15) is 43.0 Å². The number of carbonyl (C=O) groups excluding carboxylic acids is 2. The quantitative estimate of drug-likeness (QED) is 0.787. The Labute approximate surface area is 171 Å². The topological polar surface area (TPSA) is 40.6 Å². The molecule has 28 heavy (non-hydrogen) atoms. The average Bonchev–Trinajstić information content (AvgIpc) is 2.67. The molecule has 0 N–H and O–H groups in total. The number of piperazine rings is 1. The highest BCUT2D eigenvalue weighted by Crippen LogP contribution is 2.34. The normalized spacial score (nSPS) is 19.2. The van der Waals surface area contributed by atoms with Gasteiger partial charge < -0.3 is 9.80 Å². The third kappa shape index (κ3) is 3.53. The van der Waals surface area contributed by atoms with Gasteiger partial charge in [0, 0.05) is 24.5 Å². The molecular weight excluding hydrogens is 372 g/mol. The smallest absolute Gasteiger partial charge is 0.242 e. The number of fused-ring (bicyclic) bond motifs is 3. The second kappa shape index (κ2) is 7.25. The van der Waals surface area contributed by atoms with Gasteiger partial charge in [-0.15, -0.1) is 0 Å². The minimum absolute atomic E-state index is 0.0241. The van der Waals surface area contributed by atoms with Crippen molar-refractivity contribution in [3.63, 3.8) is 0 Å². The molecule has 2 aliphatic rings. The van der Waals surface area contributed by atoms with Crippen LogP contribution < -0.4 is 0 Å². The molecule has 2 aromatic carbocycles. The minimum atomic E-state index is -0.327. The molecule has 0 radical (unpaired) electrons. The van der Waals surface area contributed by atoms with Crippen LogP contribution in [0.4, 0.5) is 0 Å². The van der Waals surface area contributed by atoms with Gasteiger partial charge in [-0.3, -0.25) is 9.59 Å². The van der Waals surface area contributed by atoms with E-state index in [9.17, 15) is 9.59 Å². The number of nitrogens with zero attached hydrogens (tertiary/aromatic N) is 2. The summed E-state index contributed by atoms with van der Waals surface area (Å²) in [5.41, 5.74) is 3.20. The predicted molar refractivity (Wildman–Crippen MR) is 110 cm³/mol. The number of hydrogen-bond donors (Lipinski definition) is 0. The molecule has 4 rings (SSSR count). The molecule has 2 heterocycles. The lowest BCUT2D eigenvalue weighted by Crippen LogP contribution is -2.56. The maximum Gasteiger partial charge on any atom is 0.242 e. The van der Waals surface area contributed by atoms with Crippen LogP contribution >= 0.6 is 11.6 Å². The molecule has 0 saturated carbocycles. The summed E-state index contributed by atoms with van der Waals surface area (Å²) < 4.78 is 0. The summed E-state index contributed by atoms with van der Waals surface area (Å²) in [5.74, 6) is 0.0689. The number of amides is 2. The zero-order valence-electron chi connectivity index (χ0n) is 16.3. The van der Waals surface area contributed by atoms with E-state index in [1.54, 1.807) is 4.90 Å². The lowest BCUT2D eigenvalue weighted by molar-refractivity contribution is -0.150. The van der Waals surface area contributed by atoms with Crippen LogP contribution in [0.3, 0.4) is 0 Å². The van der Waals surface area contributed by atoms with Crippen LogP contribution in [0, 0.1) is 0 Å². The third-order valence-corrected chi connectivity index (χ3v) is 6.28. The molecule has 1 saturated heterocycles. The molecule has 0 aromatic heterocycles. The maximum atomic E-state index is 13.1. The van der Waals surface area contributed by atoms with Gasteiger partial charge in [0.1, 0.15) is 0 Å².